The zero-order valence-corrected chi connectivity index (χ0v) is 13.6. The van der Waals surface area contributed by atoms with Gasteiger partial charge >= 0.3 is 0 Å². The summed E-state index contributed by atoms with van der Waals surface area (Å²) in [5.41, 5.74) is 0.921. The van der Waals surface area contributed by atoms with Crippen LogP contribution in [0.15, 0.2) is 29.2 Å². The Bertz CT molecular complexity index is 697. The van der Waals surface area contributed by atoms with E-state index in [4.69, 9.17) is 11.1 Å². The number of aryl methyl sites for hydroxylation is 1. The SMILES string of the molecule is Cc1ccc(S(=O)(=O)N(N)CC(=O)N2CSCC2C#N)cc1. The first-order chi connectivity index (χ1) is 10.4. The highest BCUT2D eigenvalue weighted by molar-refractivity contribution is 7.99. The molecule has 9 heteroatoms. The van der Waals surface area contributed by atoms with Crippen molar-refractivity contribution < 1.29 is 13.2 Å². The van der Waals surface area contributed by atoms with Gasteiger partial charge in [0.15, 0.2) is 0 Å². The van der Waals surface area contributed by atoms with Gasteiger partial charge in [-0.25, -0.2) is 8.42 Å². The topological polar surface area (TPSA) is 108 Å². The lowest BCUT2D eigenvalue weighted by Crippen LogP contribution is -2.47. The molecule has 0 saturated carbocycles. The van der Waals surface area contributed by atoms with Crippen molar-refractivity contribution in [2.24, 2.45) is 5.84 Å². The molecule has 1 heterocycles. The maximum Gasteiger partial charge on any atom is 0.256 e. The molecule has 1 fully saturated rings. The van der Waals surface area contributed by atoms with E-state index in [2.05, 4.69) is 0 Å². The molecule has 0 spiro atoms. The Hall–Kier alpha value is -1.60. The minimum absolute atomic E-state index is 0.0287. The molecule has 0 aliphatic carbocycles. The van der Waals surface area contributed by atoms with Gasteiger partial charge in [0.1, 0.15) is 12.6 Å². The Morgan fingerprint density at radius 3 is 2.73 bits per heavy atom. The summed E-state index contributed by atoms with van der Waals surface area (Å²) < 4.78 is 25.1. The zero-order chi connectivity index (χ0) is 16.3. The zero-order valence-electron chi connectivity index (χ0n) is 12.0. The van der Waals surface area contributed by atoms with E-state index in [0.717, 1.165) is 5.56 Å². The molecule has 1 unspecified atom stereocenters. The summed E-state index contributed by atoms with van der Waals surface area (Å²) in [6, 6.07) is 7.69. The Kier molecular flexibility index (Phi) is 5.08. The van der Waals surface area contributed by atoms with E-state index >= 15 is 0 Å². The molecule has 1 saturated heterocycles. The molecule has 1 aliphatic rings. The van der Waals surface area contributed by atoms with Gasteiger partial charge in [-0.15, -0.1) is 16.2 Å². The number of nitrogens with two attached hydrogens (primary N) is 1. The molecular formula is C13H16N4O3S2. The van der Waals surface area contributed by atoms with Gasteiger partial charge in [-0.1, -0.05) is 17.7 Å². The summed E-state index contributed by atoms with van der Waals surface area (Å²) in [4.78, 5) is 13.5. The van der Waals surface area contributed by atoms with Gasteiger partial charge in [-0.2, -0.15) is 5.26 Å². The molecule has 0 aromatic heterocycles. The normalized spacial score (nSPS) is 18.5. The van der Waals surface area contributed by atoms with E-state index in [9.17, 15) is 13.2 Å². The van der Waals surface area contributed by atoms with Crippen molar-refractivity contribution in [2.75, 3.05) is 18.2 Å². The fourth-order valence-corrected chi connectivity index (χ4v) is 4.09. The smallest absolute Gasteiger partial charge is 0.256 e. The monoisotopic (exact) mass is 340 g/mol. The van der Waals surface area contributed by atoms with Crippen LogP contribution in [-0.4, -0.2) is 47.9 Å². The molecule has 1 aromatic rings. The molecule has 1 atom stereocenters. The van der Waals surface area contributed by atoms with Crippen LogP contribution in [0.2, 0.25) is 0 Å². The maximum absolute atomic E-state index is 12.3. The van der Waals surface area contributed by atoms with E-state index in [1.807, 2.05) is 13.0 Å². The number of hydrazine groups is 1. The number of hydrogen-bond donors (Lipinski definition) is 1. The number of nitriles is 1. The maximum atomic E-state index is 12.3. The van der Waals surface area contributed by atoms with Crippen LogP contribution in [0.4, 0.5) is 0 Å². The number of hydrogen-bond acceptors (Lipinski definition) is 6. The minimum Gasteiger partial charge on any atom is -0.315 e. The fraction of sp³-hybridized carbons (Fsp3) is 0.385. The van der Waals surface area contributed by atoms with Crippen molar-refractivity contribution >= 4 is 27.7 Å². The molecule has 1 amide bonds. The second kappa shape index (κ2) is 6.66. The van der Waals surface area contributed by atoms with Crippen molar-refractivity contribution in [1.82, 2.24) is 9.31 Å². The lowest BCUT2D eigenvalue weighted by molar-refractivity contribution is -0.130. The van der Waals surface area contributed by atoms with Crippen molar-refractivity contribution in [3.63, 3.8) is 0 Å². The number of amides is 1. The first-order valence-corrected chi connectivity index (χ1v) is 9.06. The number of nitrogens with zero attached hydrogens (tertiary/aromatic N) is 3. The molecule has 0 radical (unpaired) electrons. The third-order valence-corrected chi connectivity index (χ3v) is 5.90. The van der Waals surface area contributed by atoms with Crippen LogP contribution >= 0.6 is 11.8 Å². The number of sulfonamides is 1. The third kappa shape index (κ3) is 3.41. The van der Waals surface area contributed by atoms with Crippen LogP contribution in [-0.2, 0) is 14.8 Å². The highest BCUT2D eigenvalue weighted by Crippen LogP contribution is 2.21. The van der Waals surface area contributed by atoms with Gasteiger partial charge < -0.3 is 4.90 Å². The number of benzene rings is 1. The van der Waals surface area contributed by atoms with Crippen molar-refractivity contribution in [2.45, 2.75) is 17.9 Å². The first-order valence-electron chi connectivity index (χ1n) is 6.47. The molecule has 2 rings (SSSR count). The Morgan fingerprint density at radius 2 is 2.14 bits per heavy atom. The quantitative estimate of drug-likeness (QED) is 0.623. The fourth-order valence-electron chi connectivity index (χ4n) is 1.95. The van der Waals surface area contributed by atoms with E-state index < -0.39 is 28.5 Å². The number of thioether (sulfide) groups is 1. The van der Waals surface area contributed by atoms with Crippen LogP contribution in [0.3, 0.4) is 0 Å². The average Bonchev–Trinajstić information content (AvgIpc) is 2.96. The lowest BCUT2D eigenvalue weighted by Gasteiger charge is -2.22. The van der Waals surface area contributed by atoms with E-state index in [1.54, 1.807) is 12.1 Å². The first kappa shape index (κ1) is 16.8. The largest absolute Gasteiger partial charge is 0.315 e. The van der Waals surface area contributed by atoms with E-state index in [1.165, 1.54) is 28.8 Å². The third-order valence-electron chi connectivity index (χ3n) is 3.27. The Balaban J connectivity index is 2.11. The van der Waals surface area contributed by atoms with Gasteiger partial charge in [0.25, 0.3) is 10.0 Å². The molecule has 7 nitrogen and oxygen atoms in total. The van der Waals surface area contributed by atoms with Crippen LogP contribution in [0, 0.1) is 18.3 Å². The highest BCUT2D eigenvalue weighted by atomic mass is 32.2. The van der Waals surface area contributed by atoms with Crippen LogP contribution in [0.1, 0.15) is 5.56 Å². The van der Waals surface area contributed by atoms with Crippen molar-refractivity contribution in [3.05, 3.63) is 29.8 Å². The highest BCUT2D eigenvalue weighted by Gasteiger charge is 2.32. The van der Waals surface area contributed by atoms with Gasteiger partial charge in [0.05, 0.1) is 16.8 Å². The second-order valence-corrected chi connectivity index (χ2v) is 7.76. The molecule has 1 aromatic carbocycles. The number of carbonyl (C=O) groups is 1. The summed E-state index contributed by atoms with van der Waals surface area (Å²) in [6.45, 7) is 1.35. The van der Waals surface area contributed by atoms with E-state index in [0.29, 0.717) is 16.0 Å². The number of carbonyl (C=O) groups excluding carboxylic acids is 1. The molecule has 2 N–H and O–H groups in total. The van der Waals surface area contributed by atoms with Crippen LogP contribution in [0.25, 0.3) is 0 Å². The van der Waals surface area contributed by atoms with Gasteiger partial charge in [0.2, 0.25) is 5.91 Å². The van der Waals surface area contributed by atoms with Crippen LogP contribution < -0.4 is 5.84 Å². The predicted molar refractivity (Wildman–Crippen MR) is 82.8 cm³/mol. The van der Waals surface area contributed by atoms with E-state index in [-0.39, 0.29) is 4.90 Å². The number of rotatable bonds is 4. The minimum atomic E-state index is -3.93. The van der Waals surface area contributed by atoms with Crippen LogP contribution in [0.5, 0.6) is 0 Å². The summed E-state index contributed by atoms with van der Waals surface area (Å²) >= 11 is 1.45. The van der Waals surface area contributed by atoms with Crippen molar-refractivity contribution in [1.29, 1.82) is 5.26 Å². The Morgan fingerprint density at radius 1 is 1.50 bits per heavy atom. The van der Waals surface area contributed by atoms with Gasteiger partial charge in [-0.3, -0.25) is 10.6 Å². The summed E-state index contributed by atoms with van der Waals surface area (Å²) in [5.74, 6) is 6.00. The van der Waals surface area contributed by atoms with Gasteiger partial charge in [-0.05, 0) is 19.1 Å². The predicted octanol–water partition coefficient (Wildman–Crippen LogP) is 0.285. The molecule has 1 aliphatic heterocycles. The lowest BCUT2D eigenvalue weighted by atomic mass is 10.2. The summed E-state index contributed by atoms with van der Waals surface area (Å²) in [6.07, 6.45) is 0. The van der Waals surface area contributed by atoms with Crippen molar-refractivity contribution in [3.8, 4) is 6.07 Å². The average molecular weight is 340 g/mol. The van der Waals surface area contributed by atoms with Gasteiger partial charge in [0, 0.05) is 5.75 Å². The summed E-state index contributed by atoms with van der Waals surface area (Å²) in [7, 11) is -3.93. The molecule has 118 valence electrons. The molecular weight excluding hydrogens is 324 g/mol. The summed E-state index contributed by atoms with van der Waals surface area (Å²) in [5, 5.41) is 8.96. The molecule has 22 heavy (non-hydrogen) atoms. The molecule has 0 bridgehead atoms. The Labute approximate surface area is 133 Å². The standard InChI is InChI=1S/C13H16N4O3S2/c1-10-2-4-12(5-3-10)22(19,20)17(15)7-13(18)16-9-21-8-11(16)6-14/h2-5,11H,7-9,15H2,1H3. The second-order valence-electron chi connectivity index (χ2n) is 4.87.